The average Bonchev–Trinajstić information content (AvgIpc) is 2.89. The van der Waals surface area contributed by atoms with Gasteiger partial charge in [-0.3, -0.25) is 0 Å². The number of ether oxygens (including phenoxy) is 2. The van der Waals surface area contributed by atoms with Crippen molar-refractivity contribution < 1.29 is 29.0 Å². The number of esters is 1. The van der Waals surface area contributed by atoms with E-state index >= 15 is 0 Å². The van der Waals surface area contributed by atoms with Crippen LogP contribution in [0.4, 0.5) is 0 Å². The summed E-state index contributed by atoms with van der Waals surface area (Å²) >= 11 is 0. The van der Waals surface area contributed by atoms with Crippen LogP contribution in [0.15, 0.2) is 36.7 Å². The summed E-state index contributed by atoms with van der Waals surface area (Å²) < 4.78 is 12.2. The van der Waals surface area contributed by atoms with E-state index in [-0.39, 0.29) is 12.1 Å². The van der Waals surface area contributed by atoms with Crippen molar-refractivity contribution in [2.75, 3.05) is 27.7 Å². The molecule has 0 aromatic heterocycles. The zero-order chi connectivity index (χ0) is 20.2. The number of carbonyl (C=O) groups is 1. The van der Waals surface area contributed by atoms with Crippen molar-refractivity contribution in [2.24, 2.45) is 0 Å². The van der Waals surface area contributed by atoms with Crippen molar-refractivity contribution in [1.82, 2.24) is 4.90 Å². The molecule has 0 aromatic rings. The number of hydrogen-bond donors (Lipinski definition) is 2. The van der Waals surface area contributed by atoms with E-state index in [2.05, 4.69) is 27.7 Å². The van der Waals surface area contributed by atoms with Crippen LogP contribution in [0, 0.1) is 0 Å². The van der Waals surface area contributed by atoms with Crippen molar-refractivity contribution in [1.29, 1.82) is 0 Å². The van der Waals surface area contributed by atoms with Crippen molar-refractivity contribution in [2.45, 2.75) is 56.8 Å². The molecule has 2 N–H and O–H groups in total. The fourth-order valence-electron chi connectivity index (χ4n) is 3.29. The topological polar surface area (TPSA) is 79.2 Å². The van der Waals surface area contributed by atoms with Gasteiger partial charge in [-0.15, -0.1) is 6.58 Å². The van der Waals surface area contributed by atoms with Crippen LogP contribution in [-0.4, -0.2) is 83.9 Å². The highest BCUT2D eigenvalue weighted by Gasteiger charge is 2.44. The number of hydrogen-bond acceptors (Lipinski definition) is 6. The first-order valence-corrected chi connectivity index (χ1v) is 9.45. The Balaban J connectivity index is 2.05. The second-order valence-electron chi connectivity index (χ2n) is 8.17. The third kappa shape index (κ3) is 5.65. The van der Waals surface area contributed by atoms with Crippen molar-refractivity contribution in [3.05, 3.63) is 36.7 Å². The highest BCUT2D eigenvalue weighted by Crippen LogP contribution is 2.29. The number of carbonyl (C=O) groups excluding carboxylic acids is 1. The molecule has 0 aliphatic carbocycles. The van der Waals surface area contributed by atoms with Crippen LogP contribution < -0.4 is 0 Å². The summed E-state index contributed by atoms with van der Waals surface area (Å²) in [5, 5.41) is 20.4. The zero-order valence-electron chi connectivity index (χ0n) is 16.7. The van der Waals surface area contributed by atoms with Crippen LogP contribution in [0.3, 0.4) is 0 Å². The highest BCUT2D eigenvalue weighted by molar-refractivity contribution is 5.89. The molecular formula is C20H33N2O5+. The van der Waals surface area contributed by atoms with Crippen LogP contribution in [0.1, 0.15) is 26.2 Å². The van der Waals surface area contributed by atoms with Gasteiger partial charge in [0.2, 0.25) is 0 Å². The van der Waals surface area contributed by atoms with Crippen LogP contribution in [0.2, 0.25) is 0 Å². The Morgan fingerprint density at radius 3 is 2.74 bits per heavy atom. The molecule has 2 rings (SSSR count). The lowest BCUT2D eigenvalue weighted by Crippen LogP contribution is -2.43. The lowest BCUT2D eigenvalue weighted by atomic mass is 10.1. The predicted molar refractivity (Wildman–Crippen MR) is 102 cm³/mol. The Bertz CT molecular complexity index is 596. The van der Waals surface area contributed by atoms with E-state index in [0.29, 0.717) is 22.9 Å². The molecule has 7 heteroatoms. The van der Waals surface area contributed by atoms with E-state index in [4.69, 9.17) is 9.47 Å². The number of allylic oxidation sites excluding steroid dienone is 1. The fraction of sp³-hybridized carbons (Fsp3) is 0.650. The van der Waals surface area contributed by atoms with Gasteiger partial charge in [-0.1, -0.05) is 19.1 Å². The van der Waals surface area contributed by atoms with Gasteiger partial charge in [0.1, 0.15) is 18.8 Å². The first-order chi connectivity index (χ1) is 12.7. The molecule has 0 amide bonds. The van der Waals surface area contributed by atoms with Gasteiger partial charge >= 0.3 is 5.97 Å². The summed E-state index contributed by atoms with van der Waals surface area (Å²) in [5.74, 6) is -0.361. The lowest BCUT2D eigenvalue weighted by Gasteiger charge is -2.30. The van der Waals surface area contributed by atoms with Crippen molar-refractivity contribution >= 4 is 5.97 Å². The number of quaternary nitrogens is 1. The van der Waals surface area contributed by atoms with Gasteiger partial charge in [0, 0.05) is 18.8 Å². The molecule has 5 atom stereocenters. The zero-order valence-corrected chi connectivity index (χ0v) is 16.7. The number of aliphatic hydroxyl groups excluding tert-OH is 2. The van der Waals surface area contributed by atoms with Gasteiger partial charge in [0.25, 0.3) is 0 Å². The molecule has 1 saturated heterocycles. The minimum Gasteiger partial charge on any atom is -0.453 e. The van der Waals surface area contributed by atoms with Crippen LogP contribution in [0.25, 0.3) is 0 Å². The average molecular weight is 381 g/mol. The van der Waals surface area contributed by atoms with Gasteiger partial charge < -0.3 is 29.1 Å². The van der Waals surface area contributed by atoms with Crippen LogP contribution >= 0.6 is 0 Å². The highest BCUT2D eigenvalue weighted by atomic mass is 16.6. The summed E-state index contributed by atoms with van der Waals surface area (Å²) in [4.78, 5) is 14.2. The Hall–Kier alpha value is -1.67. The minimum absolute atomic E-state index is 0.162. The first-order valence-electron chi connectivity index (χ1n) is 9.45. The fourth-order valence-corrected chi connectivity index (χ4v) is 3.29. The van der Waals surface area contributed by atoms with E-state index < -0.39 is 24.5 Å². The Kier molecular flexibility index (Phi) is 7.22. The van der Waals surface area contributed by atoms with E-state index in [0.717, 1.165) is 13.0 Å². The van der Waals surface area contributed by atoms with E-state index in [1.807, 2.05) is 13.0 Å². The molecule has 0 bridgehead atoms. The largest absolute Gasteiger partial charge is 0.453 e. The van der Waals surface area contributed by atoms with Crippen molar-refractivity contribution in [3.8, 4) is 0 Å². The third-order valence-corrected chi connectivity index (χ3v) is 4.69. The van der Waals surface area contributed by atoms with Crippen LogP contribution in [-0.2, 0) is 14.3 Å². The summed E-state index contributed by atoms with van der Waals surface area (Å²) in [6.07, 6.45) is 4.98. The predicted octanol–water partition coefficient (Wildman–Crippen LogP) is 1.14. The number of nitrogens with zero attached hydrogens (tertiary/aromatic N) is 2. The summed E-state index contributed by atoms with van der Waals surface area (Å²) in [6.45, 7) is 6.37. The smallest absolute Gasteiger partial charge is 0.336 e. The molecule has 1 fully saturated rings. The molecule has 7 nitrogen and oxygen atoms in total. The number of likely N-dealkylation sites (N-methyl/N-ethyl adjacent to an activating group) is 1. The maximum atomic E-state index is 12.6. The summed E-state index contributed by atoms with van der Waals surface area (Å²) in [6, 6.07) is 0. The molecule has 2 heterocycles. The number of aliphatic hydroxyl groups is 2. The minimum atomic E-state index is -1.08. The molecule has 2 aliphatic rings. The van der Waals surface area contributed by atoms with Gasteiger partial charge in [0.05, 0.1) is 32.8 Å². The molecule has 2 aliphatic heterocycles. The summed E-state index contributed by atoms with van der Waals surface area (Å²) in [7, 11) is 6.18. The SMILES string of the molecule is C=CC[C@H]1O[C@@H](N2C=CCC(C(=O)O[C@H](CC)C[N+](C)(C)C)=C2)[C@H](O)[C@@H]1O. The quantitative estimate of drug-likeness (QED) is 0.373. The second-order valence-corrected chi connectivity index (χ2v) is 8.17. The molecule has 0 aromatic carbocycles. The normalized spacial score (nSPS) is 29.4. The molecule has 152 valence electrons. The van der Waals surface area contributed by atoms with E-state index in [9.17, 15) is 15.0 Å². The maximum absolute atomic E-state index is 12.6. The van der Waals surface area contributed by atoms with Gasteiger partial charge in [-0.2, -0.15) is 0 Å². The van der Waals surface area contributed by atoms with E-state index in [1.54, 1.807) is 23.4 Å². The first kappa shape index (κ1) is 21.6. The Labute approximate surface area is 161 Å². The van der Waals surface area contributed by atoms with Crippen molar-refractivity contribution in [3.63, 3.8) is 0 Å². The Morgan fingerprint density at radius 1 is 1.44 bits per heavy atom. The molecule has 0 unspecified atom stereocenters. The standard InChI is InChI=1S/C20H33N2O5/c1-6-9-16-17(23)18(24)19(27-16)21-11-8-10-14(12-21)20(25)26-15(7-2)13-22(3,4)5/h6,8,11-12,15-19,23-24H,1,7,9-10,13H2,2-5H3/q+1/t15-,16-,17-,18-,19-/m1/s1. The van der Waals surface area contributed by atoms with E-state index in [1.165, 1.54) is 0 Å². The maximum Gasteiger partial charge on any atom is 0.336 e. The lowest BCUT2D eigenvalue weighted by molar-refractivity contribution is -0.873. The second kappa shape index (κ2) is 9.01. The molecule has 0 saturated carbocycles. The monoisotopic (exact) mass is 381 g/mol. The molecule has 0 radical (unpaired) electrons. The summed E-state index contributed by atoms with van der Waals surface area (Å²) in [5.41, 5.74) is 0.495. The van der Waals surface area contributed by atoms with Crippen LogP contribution in [0.5, 0.6) is 0 Å². The van der Waals surface area contributed by atoms with Gasteiger partial charge in [-0.05, 0) is 12.8 Å². The van der Waals surface area contributed by atoms with Gasteiger partial charge in [-0.25, -0.2) is 4.79 Å². The molecule has 0 spiro atoms. The number of rotatable bonds is 8. The Morgan fingerprint density at radius 2 is 2.15 bits per heavy atom. The molecule has 27 heavy (non-hydrogen) atoms. The molecular weight excluding hydrogens is 348 g/mol. The third-order valence-electron chi connectivity index (χ3n) is 4.69. The van der Waals surface area contributed by atoms with Gasteiger partial charge in [0.15, 0.2) is 12.3 Å².